The molecule has 1 aromatic heterocycles. The molecule has 5 heteroatoms. The lowest BCUT2D eigenvalue weighted by molar-refractivity contribution is 0.562. The number of nitrogens with zero attached hydrogens (tertiary/aromatic N) is 2. The molecule has 0 saturated carbocycles. The number of rotatable bonds is 5. The summed E-state index contributed by atoms with van der Waals surface area (Å²) < 4.78 is 0. The second-order valence-corrected chi connectivity index (χ2v) is 5.14. The molecule has 1 unspecified atom stereocenters. The molecule has 0 aliphatic rings. The molecule has 1 atom stereocenters. The molecule has 0 radical (unpaired) electrons. The Hall–Kier alpha value is -1.16. The normalized spacial score (nSPS) is 12.4. The Morgan fingerprint density at radius 1 is 1.26 bits per heavy atom. The van der Waals surface area contributed by atoms with Crippen LogP contribution in [0, 0.1) is 0 Å². The zero-order valence-corrected chi connectivity index (χ0v) is 12.1. The van der Waals surface area contributed by atoms with Gasteiger partial charge in [-0.3, -0.25) is 9.97 Å². The van der Waals surface area contributed by atoms with Crippen LogP contribution in [0.15, 0.2) is 36.8 Å². The predicted octanol–water partition coefficient (Wildman–Crippen LogP) is 3.68. The average molecular weight is 296 g/mol. The van der Waals surface area contributed by atoms with E-state index in [9.17, 15) is 0 Å². The molecule has 1 heterocycles. The second-order valence-electron chi connectivity index (χ2n) is 4.29. The molecule has 1 aromatic carbocycles. The molecule has 0 amide bonds. The smallest absolute Gasteiger partial charge is 0.0753 e. The van der Waals surface area contributed by atoms with Crippen molar-refractivity contribution >= 4 is 23.2 Å². The van der Waals surface area contributed by atoms with Gasteiger partial charge in [0.05, 0.1) is 5.69 Å². The van der Waals surface area contributed by atoms with Gasteiger partial charge in [0, 0.05) is 34.7 Å². The van der Waals surface area contributed by atoms with Crippen molar-refractivity contribution in [3.05, 3.63) is 58.1 Å². The summed E-state index contributed by atoms with van der Waals surface area (Å²) in [6.45, 7) is 2.88. The first-order valence-corrected chi connectivity index (χ1v) is 6.85. The number of benzene rings is 1. The molecule has 0 aliphatic carbocycles. The van der Waals surface area contributed by atoms with Crippen LogP contribution in [0.25, 0.3) is 0 Å². The van der Waals surface area contributed by atoms with Crippen LogP contribution in [0.3, 0.4) is 0 Å². The maximum Gasteiger partial charge on any atom is 0.0753 e. The van der Waals surface area contributed by atoms with E-state index in [1.54, 1.807) is 24.7 Å². The Bertz CT molecular complexity index is 531. The van der Waals surface area contributed by atoms with Crippen molar-refractivity contribution < 1.29 is 0 Å². The Kier molecular flexibility index (Phi) is 5.14. The summed E-state index contributed by atoms with van der Waals surface area (Å²) in [5.41, 5.74) is 2.02. The summed E-state index contributed by atoms with van der Waals surface area (Å²) in [4.78, 5) is 8.32. The zero-order valence-electron chi connectivity index (χ0n) is 10.6. The van der Waals surface area contributed by atoms with Crippen LogP contribution in [0.1, 0.15) is 24.2 Å². The molecular formula is C14H15Cl2N3. The zero-order chi connectivity index (χ0) is 13.7. The van der Waals surface area contributed by atoms with Crippen LogP contribution in [0.2, 0.25) is 10.0 Å². The van der Waals surface area contributed by atoms with E-state index in [0.717, 1.165) is 24.2 Å². The third kappa shape index (κ3) is 4.16. The Labute approximate surface area is 123 Å². The number of hydrogen-bond donors (Lipinski definition) is 1. The maximum atomic E-state index is 6.13. The molecule has 2 aromatic rings. The highest BCUT2D eigenvalue weighted by Gasteiger charge is 2.06. The lowest BCUT2D eigenvalue weighted by Gasteiger charge is -2.13. The van der Waals surface area contributed by atoms with Crippen LogP contribution in [-0.4, -0.2) is 16.5 Å². The lowest BCUT2D eigenvalue weighted by Crippen LogP contribution is -2.22. The van der Waals surface area contributed by atoms with E-state index < -0.39 is 0 Å². The summed E-state index contributed by atoms with van der Waals surface area (Å²) in [7, 11) is 0. The summed E-state index contributed by atoms with van der Waals surface area (Å²) >= 11 is 12.0. The van der Waals surface area contributed by atoms with Crippen molar-refractivity contribution in [2.24, 2.45) is 0 Å². The van der Waals surface area contributed by atoms with Crippen molar-refractivity contribution in [3.8, 4) is 0 Å². The van der Waals surface area contributed by atoms with Gasteiger partial charge in [-0.25, -0.2) is 0 Å². The van der Waals surface area contributed by atoms with Gasteiger partial charge in [0.25, 0.3) is 0 Å². The molecule has 0 saturated heterocycles. The van der Waals surface area contributed by atoms with Crippen molar-refractivity contribution in [1.29, 1.82) is 0 Å². The lowest BCUT2D eigenvalue weighted by atomic mass is 10.1. The fourth-order valence-corrected chi connectivity index (χ4v) is 2.29. The monoisotopic (exact) mass is 295 g/mol. The number of halogens is 2. The first-order chi connectivity index (χ1) is 9.16. The van der Waals surface area contributed by atoms with E-state index in [1.807, 2.05) is 12.1 Å². The maximum absolute atomic E-state index is 6.13. The molecule has 19 heavy (non-hydrogen) atoms. The summed E-state index contributed by atoms with van der Waals surface area (Å²) in [6, 6.07) is 5.75. The van der Waals surface area contributed by atoms with Crippen LogP contribution in [-0.2, 0) is 6.42 Å². The molecule has 0 aliphatic heterocycles. The van der Waals surface area contributed by atoms with Crippen molar-refractivity contribution in [1.82, 2.24) is 15.3 Å². The highest BCUT2D eigenvalue weighted by atomic mass is 35.5. The SMILES string of the molecule is CC(NCCc1ccc(Cl)cc1Cl)c1cnccn1. The van der Waals surface area contributed by atoms with E-state index in [4.69, 9.17) is 23.2 Å². The summed E-state index contributed by atoms with van der Waals surface area (Å²) in [5.74, 6) is 0. The van der Waals surface area contributed by atoms with Gasteiger partial charge in [-0.2, -0.15) is 0 Å². The molecule has 100 valence electrons. The van der Waals surface area contributed by atoms with Crippen LogP contribution in [0.5, 0.6) is 0 Å². The van der Waals surface area contributed by atoms with Gasteiger partial charge in [-0.05, 0) is 37.6 Å². The Morgan fingerprint density at radius 2 is 2.11 bits per heavy atom. The van der Waals surface area contributed by atoms with Gasteiger partial charge in [-0.1, -0.05) is 29.3 Å². The van der Waals surface area contributed by atoms with Crippen LogP contribution < -0.4 is 5.32 Å². The first kappa shape index (κ1) is 14.3. The van der Waals surface area contributed by atoms with Gasteiger partial charge in [0.1, 0.15) is 0 Å². The van der Waals surface area contributed by atoms with Gasteiger partial charge < -0.3 is 5.32 Å². The molecule has 0 bridgehead atoms. The van der Waals surface area contributed by atoms with Crippen molar-refractivity contribution in [2.45, 2.75) is 19.4 Å². The van der Waals surface area contributed by atoms with E-state index in [1.165, 1.54) is 0 Å². The van der Waals surface area contributed by atoms with Gasteiger partial charge in [0.15, 0.2) is 0 Å². The van der Waals surface area contributed by atoms with E-state index in [0.29, 0.717) is 10.0 Å². The second kappa shape index (κ2) is 6.85. The molecule has 3 nitrogen and oxygen atoms in total. The van der Waals surface area contributed by atoms with Crippen LogP contribution >= 0.6 is 23.2 Å². The highest BCUT2D eigenvalue weighted by Crippen LogP contribution is 2.21. The first-order valence-electron chi connectivity index (χ1n) is 6.10. The topological polar surface area (TPSA) is 37.8 Å². The fourth-order valence-electron chi connectivity index (χ4n) is 1.79. The summed E-state index contributed by atoms with van der Waals surface area (Å²) in [5, 5.41) is 4.77. The van der Waals surface area contributed by atoms with E-state index in [-0.39, 0.29) is 6.04 Å². The quantitative estimate of drug-likeness (QED) is 0.914. The Balaban J connectivity index is 1.86. The molecule has 2 rings (SSSR count). The minimum atomic E-state index is 0.166. The number of aromatic nitrogens is 2. The van der Waals surface area contributed by atoms with E-state index in [2.05, 4.69) is 22.2 Å². The van der Waals surface area contributed by atoms with E-state index >= 15 is 0 Å². The third-order valence-electron chi connectivity index (χ3n) is 2.89. The summed E-state index contributed by atoms with van der Waals surface area (Å²) in [6.07, 6.45) is 5.99. The fraction of sp³-hybridized carbons (Fsp3) is 0.286. The molecule has 1 N–H and O–H groups in total. The van der Waals surface area contributed by atoms with Gasteiger partial charge in [0.2, 0.25) is 0 Å². The predicted molar refractivity (Wildman–Crippen MR) is 78.6 cm³/mol. The van der Waals surface area contributed by atoms with Crippen molar-refractivity contribution in [2.75, 3.05) is 6.54 Å². The highest BCUT2D eigenvalue weighted by molar-refractivity contribution is 6.35. The molecule has 0 fully saturated rings. The Morgan fingerprint density at radius 3 is 2.79 bits per heavy atom. The number of nitrogens with one attached hydrogen (secondary N) is 1. The average Bonchev–Trinajstić information content (AvgIpc) is 2.42. The van der Waals surface area contributed by atoms with Crippen molar-refractivity contribution in [3.63, 3.8) is 0 Å². The van der Waals surface area contributed by atoms with Gasteiger partial charge in [-0.15, -0.1) is 0 Å². The van der Waals surface area contributed by atoms with Gasteiger partial charge >= 0.3 is 0 Å². The third-order valence-corrected chi connectivity index (χ3v) is 3.47. The molecule has 0 spiro atoms. The molecular weight excluding hydrogens is 281 g/mol. The minimum absolute atomic E-state index is 0.166. The standard InChI is InChI=1S/C14H15Cl2N3/c1-10(14-9-17-6-7-19-14)18-5-4-11-2-3-12(15)8-13(11)16/h2-3,6-10,18H,4-5H2,1H3. The van der Waals surface area contributed by atoms with Crippen LogP contribution in [0.4, 0.5) is 0 Å². The number of hydrogen-bond acceptors (Lipinski definition) is 3. The largest absolute Gasteiger partial charge is 0.308 e. The minimum Gasteiger partial charge on any atom is -0.308 e.